The fourth-order valence-corrected chi connectivity index (χ4v) is 3.02. The molecule has 0 aliphatic rings. The van der Waals surface area contributed by atoms with Crippen LogP contribution in [0.25, 0.3) is 10.9 Å². The number of halogens is 2. The molecule has 0 fully saturated rings. The molecule has 0 bridgehead atoms. The average molecular weight is 345 g/mol. The van der Waals surface area contributed by atoms with Gasteiger partial charge in [0.25, 0.3) is 5.91 Å². The number of hydrogen-bond acceptors (Lipinski definition) is 1. The molecule has 1 aromatic heterocycles. The zero-order valence-electron chi connectivity index (χ0n) is 13.5. The Morgan fingerprint density at radius 3 is 2.75 bits per heavy atom. The molecule has 0 saturated heterocycles. The Morgan fingerprint density at radius 1 is 1.25 bits per heavy atom. The van der Waals surface area contributed by atoms with Crippen LogP contribution >= 0.6 is 11.6 Å². The largest absolute Gasteiger partial charge is 0.361 e. The normalized spacial score (nSPS) is 11.7. The average Bonchev–Trinajstić information content (AvgIpc) is 2.97. The van der Waals surface area contributed by atoms with Crippen molar-refractivity contribution in [2.45, 2.75) is 19.3 Å². The predicted molar refractivity (Wildman–Crippen MR) is 95.1 cm³/mol. The highest BCUT2D eigenvalue weighted by Crippen LogP contribution is 2.30. The van der Waals surface area contributed by atoms with Gasteiger partial charge in [0.15, 0.2) is 0 Å². The third kappa shape index (κ3) is 3.15. The van der Waals surface area contributed by atoms with Gasteiger partial charge < -0.3 is 10.3 Å². The zero-order chi connectivity index (χ0) is 17.3. The third-order valence-electron chi connectivity index (χ3n) is 4.18. The van der Waals surface area contributed by atoms with Crippen LogP contribution in [0, 0.1) is 5.82 Å². The molecular weight excluding hydrogens is 327 g/mol. The first kappa shape index (κ1) is 16.5. The second kappa shape index (κ2) is 6.29. The van der Waals surface area contributed by atoms with Crippen molar-refractivity contribution in [3.05, 3.63) is 70.6 Å². The molecule has 3 nitrogen and oxygen atoms in total. The second-order valence-corrected chi connectivity index (χ2v) is 6.85. The van der Waals surface area contributed by atoms with E-state index >= 15 is 0 Å². The summed E-state index contributed by atoms with van der Waals surface area (Å²) in [6.07, 6.45) is 1.87. The molecule has 24 heavy (non-hydrogen) atoms. The molecule has 1 amide bonds. The van der Waals surface area contributed by atoms with Gasteiger partial charge in [0.2, 0.25) is 0 Å². The van der Waals surface area contributed by atoms with Crippen molar-refractivity contribution in [3.8, 4) is 0 Å². The van der Waals surface area contributed by atoms with Crippen molar-refractivity contribution in [3.63, 3.8) is 0 Å². The van der Waals surface area contributed by atoms with Crippen LogP contribution in [0.2, 0.25) is 5.02 Å². The number of amides is 1. The number of aromatic nitrogens is 1. The van der Waals surface area contributed by atoms with Crippen LogP contribution in [0.5, 0.6) is 0 Å². The molecule has 3 rings (SSSR count). The van der Waals surface area contributed by atoms with Gasteiger partial charge in [-0.1, -0.05) is 37.6 Å². The molecule has 0 saturated carbocycles. The summed E-state index contributed by atoms with van der Waals surface area (Å²) in [5, 5.41) is 4.31. The molecule has 0 aliphatic carbocycles. The summed E-state index contributed by atoms with van der Waals surface area (Å²) in [5.41, 5.74) is 1.90. The van der Waals surface area contributed by atoms with Crippen LogP contribution in [0.4, 0.5) is 4.39 Å². The van der Waals surface area contributed by atoms with Crippen molar-refractivity contribution in [2.24, 2.45) is 0 Å². The summed E-state index contributed by atoms with van der Waals surface area (Å²) in [4.78, 5) is 15.4. The summed E-state index contributed by atoms with van der Waals surface area (Å²) in [6, 6.07) is 11.6. The molecule has 2 N–H and O–H groups in total. The Labute approximate surface area is 144 Å². The second-order valence-electron chi connectivity index (χ2n) is 6.44. The quantitative estimate of drug-likeness (QED) is 0.710. The molecule has 0 aliphatic heterocycles. The van der Waals surface area contributed by atoms with Crippen molar-refractivity contribution in [1.29, 1.82) is 0 Å². The number of hydrogen-bond donors (Lipinski definition) is 2. The highest BCUT2D eigenvalue weighted by molar-refractivity contribution is 6.33. The van der Waals surface area contributed by atoms with E-state index in [2.05, 4.69) is 10.3 Å². The van der Waals surface area contributed by atoms with E-state index in [1.165, 1.54) is 12.1 Å². The van der Waals surface area contributed by atoms with Gasteiger partial charge in [-0.2, -0.15) is 0 Å². The smallest absolute Gasteiger partial charge is 0.252 e. The van der Waals surface area contributed by atoms with E-state index in [0.717, 1.165) is 16.5 Å². The molecule has 5 heteroatoms. The van der Waals surface area contributed by atoms with E-state index < -0.39 is 0 Å². The molecule has 124 valence electrons. The molecule has 3 aromatic rings. The van der Waals surface area contributed by atoms with Gasteiger partial charge in [0, 0.05) is 29.1 Å². The van der Waals surface area contributed by atoms with E-state index in [1.54, 1.807) is 30.3 Å². The molecule has 0 unspecified atom stereocenters. The number of benzene rings is 2. The number of carbonyl (C=O) groups is 1. The van der Waals surface area contributed by atoms with E-state index in [0.29, 0.717) is 17.1 Å². The maximum absolute atomic E-state index is 13.3. The fourth-order valence-electron chi connectivity index (χ4n) is 2.80. The fraction of sp³-hybridized carbons (Fsp3) is 0.211. The minimum absolute atomic E-state index is 0.209. The van der Waals surface area contributed by atoms with E-state index in [-0.39, 0.29) is 17.1 Å². The monoisotopic (exact) mass is 344 g/mol. The Bertz CT molecular complexity index is 901. The summed E-state index contributed by atoms with van der Waals surface area (Å²) in [5.74, 6) is -0.486. The maximum atomic E-state index is 13.3. The highest BCUT2D eigenvalue weighted by Gasteiger charge is 2.25. The van der Waals surface area contributed by atoms with Gasteiger partial charge in [0.1, 0.15) is 5.82 Å². The lowest BCUT2D eigenvalue weighted by Crippen LogP contribution is -2.36. The van der Waals surface area contributed by atoms with Gasteiger partial charge in [0.05, 0.1) is 10.6 Å². The van der Waals surface area contributed by atoms with Crippen LogP contribution < -0.4 is 5.32 Å². The number of aromatic amines is 1. The number of H-pyrrole nitrogens is 1. The maximum Gasteiger partial charge on any atom is 0.252 e. The third-order valence-corrected chi connectivity index (χ3v) is 4.51. The lowest BCUT2D eigenvalue weighted by atomic mass is 9.84. The predicted octanol–water partition coefficient (Wildman–Crippen LogP) is 4.67. The minimum Gasteiger partial charge on any atom is -0.361 e. The van der Waals surface area contributed by atoms with E-state index in [9.17, 15) is 9.18 Å². The van der Waals surface area contributed by atoms with Gasteiger partial charge >= 0.3 is 0 Å². The van der Waals surface area contributed by atoms with Crippen LogP contribution in [0.15, 0.2) is 48.7 Å². The van der Waals surface area contributed by atoms with Gasteiger partial charge in [-0.15, -0.1) is 0 Å². The highest BCUT2D eigenvalue weighted by atomic mass is 35.5. The number of nitrogens with one attached hydrogen (secondary N) is 2. The summed E-state index contributed by atoms with van der Waals surface area (Å²) < 4.78 is 13.3. The Kier molecular flexibility index (Phi) is 4.33. The number of fused-ring (bicyclic) bond motifs is 1. The van der Waals surface area contributed by atoms with Gasteiger partial charge in [-0.05, 0) is 35.9 Å². The first-order valence-corrected chi connectivity index (χ1v) is 8.06. The van der Waals surface area contributed by atoms with Crippen molar-refractivity contribution in [1.82, 2.24) is 10.3 Å². The lowest BCUT2D eigenvalue weighted by Gasteiger charge is -2.25. The summed E-state index contributed by atoms with van der Waals surface area (Å²) in [7, 11) is 0. The topological polar surface area (TPSA) is 44.9 Å². The SMILES string of the molecule is CC(C)(CNC(=O)c1ccccc1Cl)c1c[nH]c2cc(F)ccc12. The molecule has 2 aromatic carbocycles. The van der Waals surface area contributed by atoms with Crippen molar-refractivity contribution >= 4 is 28.4 Å². The Hall–Kier alpha value is -2.33. The number of rotatable bonds is 4. The molecular formula is C19H18ClFN2O. The van der Waals surface area contributed by atoms with Gasteiger partial charge in [-0.3, -0.25) is 4.79 Å². The minimum atomic E-state index is -0.326. The molecule has 0 atom stereocenters. The molecule has 0 spiro atoms. The first-order valence-electron chi connectivity index (χ1n) is 7.68. The molecule has 0 radical (unpaired) electrons. The van der Waals surface area contributed by atoms with Crippen LogP contribution in [0.1, 0.15) is 29.8 Å². The van der Waals surface area contributed by atoms with Crippen LogP contribution in [-0.4, -0.2) is 17.4 Å². The van der Waals surface area contributed by atoms with Crippen molar-refractivity contribution < 1.29 is 9.18 Å². The van der Waals surface area contributed by atoms with Crippen LogP contribution in [-0.2, 0) is 5.41 Å². The van der Waals surface area contributed by atoms with E-state index in [1.807, 2.05) is 20.0 Å². The Morgan fingerprint density at radius 2 is 2.00 bits per heavy atom. The molecule has 1 heterocycles. The van der Waals surface area contributed by atoms with Crippen LogP contribution in [0.3, 0.4) is 0 Å². The summed E-state index contributed by atoms with van der Waals surface area (Å²) >= 11 is 6.06. The zero-order valence-corrected chi connectivity index (χ0v) is 14.2. The Balaban J connectivity index is 1.80. The van der Waals surface area contributed by atoms with Crippen molar-refractivity contribution in [2.75, 3.05) is 6.54 Å². The summed E-state index contributed by atoms with van der Waals surface area (Å²) in [6.45, 7) is 4.50. The van der Waals surface area contributed by atoms with Gasteiger partial charge in [-0.25, -0.2) is 4.39 Å². The first-order chi connectivity index (χ1) is 11.4. The van der Waals surface area contributed by atoms with E-state index in [4.69, 9.17) is 11.6 Å². The standard InChI is InChI=1S/C19H18ClFN2O/c1-19(2,11-23-18(24)14-5-3-4-6-16(14)20)15-10-22-17-9-12(21)7-8-13(15)17/h3-10,22H,11H2,1-2H3,(H,23,24). The lowest BCUT2D eigenvalue weighted by molar-refractivity contribution is 0.0946. The number of carbonyl (C=O) groups excluding carboxylic acids is 1.